The summed E-state index contributed by atoms with van der Waals surface area (Å²) in [6.45, 7) is 0. The van der Waals surface area contributed by atoms with Crippen molar-refractivity contribution in [2.45, 2.75) is 9.92 Å². The number of hydrogen-bond acceptors (Lipinski definition) is 3. The van der Waals surface area contributed by atoms with E-state index in [0.717, 1.165) is 18.9 Å². The van der Waals surface area contributed by atoms with E-state index in [1.54, 1.807) is 6.20 Å². The van der Waals surface area contributed by atoms with Gasteiger partial charge in [0.1, 0.15) is 10.9 Å². The van der Waals surface area contributed by atoms with Crippen molar-refractivity contribution in [1.82, 2.24) is 4.98 Å². The number of benzene rings is 1. The molecule has 0 saturated carbocycles. The number of amidine groups is 1. The Hall–Kier alpha value is -0.850. The highest BCUT2D eigenvalue weighted by atomic mass is 79.9. The third-order valence-electron chi connectivity index (χ3n) is 2.16. The molecule has 0 aliphatic heterocycles. The standard InChI is InChI=1S/C12H9Br2N3S/c13-7-3-4-10(8(6-7)11(15)16)18-12-9(14)2-1-5-17-12/h1-6H,(H3,15,16). The minimum atomic E-state index is 0.0471. The maximum atomic E-state index is 7.60. The van der Waals surface area contributed by atoms with Crippen LogP contribution in [0, 0.1) is 5.41 Å². The van der Waals surface area contributed by atoms with Crippen molar-refractivity contribution in [3.05, 3.63) is 51.0 Å². The molecule has 0 radical (unpaired) electrons. The fourth-order valence-electron chi connectivity index (χ4n) is 1.35. The number of rotatable bonds is 3. The van der Waals surface area contributed by atoms with Gasteiger partial charge in [0.25, 0.3) is 0 Å². The Bertz CT molecular complexity index is 602. The molecule has 18 heavy (non-hydrogen) atoms. The van der Waals surface area contributed by atoms with E-state index in [0.29, 0.717) is 5.56 Å². The zero-order valence-corrected chi connectivity index (χ0v) is 13.1. The van der Waals surface area contributed by atoms with Gasteiger partial charge >= 0.3 is 0 Å². The number of nitrogen functional groups attached to an aromatic ring is 1. The second kappa shape index (κ2) is 5.86. The van der Waals surface area contributed by atoms with Crippen LogP contribution in [-0.2, 0) is 0 Å². The number of nitrogens with two attached hydrogens (primary N) is 1. The van der Waals surface area contributed by atoms with Gasteiger partial charge in [-0.25, -0.2) is 4.98 Å². The Kier molecular flexibility index (Phi) is 4.42. The molecule has 0 atom stereocenters. The van der Waals surface area contributed by atoms with Crippen LogP contribution in [0.25, 0.3) is 0 Å². The van der Waals surface area contributed by atoms with Crippen LogP contribution in [0.15, 0.2) is 55.4 Å². The summed E-state index contributed by atoms with van der Waals surface area (Å²) in [6.07, 6.45) is 1.74. The Morgan fingerprint density at radius 2 is 2.06 bits per heavy atom. The molecule has 0 unspecified atom stereocenters. The van der Waals surface area contributed by atoms with Crippen molar-refractivity contribution in [2.75, 3.05) is 0 Å². The molecule has 1 aromatic carbocycles. The molecule has 0 aliphatic carbocycles. The Labute approximate surface area is 126 Å². The molecule has 1 heterocycles. The van der Waals surface area contributed by atoms with E-state index in [9.17, 15) is 0 Å². The predicted octanol–water partition coefficient (Wildman–Crippen LogP) is 4.04. The van der Waals surface area contributed by atoms with Crippen LogP contribution >= 0.6 is 43.6 Å². The quantitative estimate of drug-likeness (QED) is 0.618. The van der Waals surface area contributed by atoms with E-state index >= 15 is 0 Å². The fraction of sp³-hybridized carbons (Fsp3) is 0. The number of nitrogens with zero attached hydrogens (tertiary/aromatic N) is 1. The lowest BCUT2D eigenvalue weighted by atomic mass is 10.2. The number of halogens is 2. The van der Waals surface area contributed by atoms with Gasteiger partial charge in [-0.1, -0.05) is 27.7 Å². The molecule has 92 valence electrons. The fourth-order valence-corrected chi connectivity index (χ4v) is 3.11. The lowest BCUT2D eigenvalue weighted by Crippen LogP contribution is -2.12. The smallest absolute Gasteiger partial charge is 0.123 e. The average Bonchev–Trinajstić information content (AvgIpc) is 2.34. The van der Waals surface area contributed by atoms with Gasteiger partial charge in [0.15, 0.2) is 0 Å². The van der Waals surface area contributed by atoms with Crippen molar-refractivity contribution < 1.29 is 0 Å². The first-order valence-corrected chi connectivity index (χ1v) is 7.40. The lowest BCUT2D eigenvalue weighted by Gasteiger charge is -2.08. The Balaban J connectivity index is 2.41. The molecule has 0 saturated heterocycles. The van der Waals surface area contributed by atoms with Gasteiger partial charge in [0.2, 0.25) is 0 Å². The monoisotopic (exact) mass is 385 g/mol. The average molecular weight is 387 g/mol. The summed E-state index contributed by atoms with van der Waals surface area (Å²) < 4.78 is 1.82. The van der Waals surface area contributed by atoms with Gasteiger partial charge in [0.05, 0.1) is 4.47 Å². The molecule has 2 rings (SSSR count). The number of nitrogens with one attached hydrogen (secondary N) is 1. The molecule has 0 amide bonds. The second-order valence-electron chi connectivity index (χ2n) is 3.45. The highest BCUT2D eigenvalue weighted by molar-refractivity contribution is 9.10. The van der Waals surface area contributed by atoms with Crippen molar-refractivity contribution >= 4 is 49.5 Å². The maximum Gasteiger partial charge on any atom is 0.123 e. The second-order valence-corrected chi connectivity index (χ2v) is 6.25. The maximum absolute atomic E-state index is 7.60. The third kappa shape index (κ3) is 3.13. The lowest BCUT2D eigenvalue weighted by molar-refractivity contribution is 1.11. The van der Waals surface area contributed by atoms with Crippen molar-refractivity contribution in [3.63, 3.8) is 0 Å². The predicted molar refractivity (Wildman–Crippen MR) is 81.2 cm³/mol. The number of aromatic nitrogens is 1. The van der Waals surface area contributed by atoms with E-state index in [1.165, 1.54) is 11.8 Å². The van der Waals surface area contributed by atoms with Crippen LogP contribution in [0.1, 0.15) is 5.56 Å². The van der Waals surface area contributed by atoms with E-state index in [-0.39, 0.29) is 5.84 Å². The highest BCUT2D eigenvalue weighted by Crippen LogP contribution is 2.34. The van der Waals surface area contributed by atoms with Crippen molar-refractivity contribution in [1.29, 1.82) is 5.41 Å². The molecule has 3 N–H and O–H groups in total. The summed E-state index contributed by atoms with van der Waals surface area (Å²) in [5.74, 6) is 0.0471. The van der Waals surface area contributed by atoms with Gasteiger partial charge in [0, 0.05) is 21.1 Å². The van der Waals surface area contributed by atoms with Gasteiger partial charge in [-0.2, -0.15) is 0 Å². The molecule has 1 aromatic heterocycles. The van der Waals surface area contributed by atoms with Gasteiger partial charge in [-0.15, -0.1) is 0 Å². The first-order chi connectivity index (χ1) is 8.58. The first kappa shape index (κ1) is 13.6. The molecule has 0 aliphatic rings. The van der Waals surface area contributed by atoms with Crippen molar-refractivity contribution in [3.8, 4) is 0 Å². The molecule has 3 nitrogen and oxygen atoms in total. The normalized spacial score (nSPS) is 10.3. The van der Waals surface area contributed by atoms with E-state index in [1.807, 2.05) is 30.3 Å². The summed E-state index contributed by atoms with van der Waals surface area (Å²) in [5, 5.41) is 8.45. The topological polar surface area (TPSA) is 62.8 Å². The van der Waals surface area contributed by atoms with Crippen LogP contribution in [0.4, 0.5) is 0 Å². The van der Waals surface area contributed by atoms with Gasteiger partial charge in [-0.05, 0) is 46.3 Å². The molecule has 2 aromatic rings. The number of hydrogen-bond donors (Lipinski definition) is 2. The third-order valence-corrected chi connectivity index (χ3v) is 4.65. The van der Waals surface area contributed by atoms with Gasteiger partial charge in [-0.3, -0.25) is 5.41 Å². The molecular formula is C12H9Br2N3S. The van der Waals surface area contributed by atoms with Gasteiger partial charge < -0.3 is 5.73 Å². The van der Waals surface area contributed by atoms with E-state index in [2.05, 4.69) is 36.8 Å². The summed E-state index contributed by atoms with van der Waals surface area (Å²) in [6, 6.07) is 9.48. The first-order valence-electron chi connectivity index (χ1n) is 5.00. The minimum Gasteiger partial charge on any atom is -0.384 e. The zero-order valence-electron chi connectivity index (χ0n) is 9.15. The number of pyridine rings is 1. The SMILES string of the molecule is N=C(N)c1cc(Br)ccc1Sc1ncccc1Br. The molecule has 0 spiro atoms. The molecule has 6 heteroatoms. The summed E-state index contributed by atoms with van der Waals surface area (Å²) in [5.41, 5.74) is 6.29. The summed E-state index contributed by atoms with van der Waals surface area (Å²) in [7, 11) is 0. The summed E-state index contributed by atoms with van der Waals surface area (Å²) in [4.78, 5) is 5.20. The zero-order chi connectivity index (χ0) is 13.1. The van der Waals surface area contributed by atoms with E-state index in [4.69, 9.17) is 11.1 Å². The molecular weight excluding hydrogens is 378 g/mol. The van der Waals surface area contributed by atoms with Crippen LogP contribution in [0.2, 0.25) is 0 Å². The minimum absolute atomic E-state index is 0.0471. The molecule has 0 bridgehead atoms. The van der Waals surface area contributed by atoms with Crippen LogP contribution in [0.5, 0.6) is 0 Å². The van der Waals surface area contributed by atoms with Crippen LogP contribution < -0.4 is 5.73 Å². The summed E-state index contributed by atoms with van der Waals surface area (Å²) >= 11 is 8.31. The molecule has 0 fully saturated rings. The Morgan fingerprint density at radius 1 is 1.28 bits per heavy atom. The van der Waals surface area contributed by atoms with Crippen molar-refractivity contribution in [2.24, 2.45) is 5.73 Å². The van der Waals surface area contributed by atoms with Crippen LogP contribution in [0.3, 0.4) is 0 Å². The Morgan fingerprint density at radius 3 is 2.72 bits per heavy atom. The largest absolute Gasteiger partial charge is 0.384 e. The van der Waals surface area contributed by atoms with Crippen LogP contribution in [-0.4, -0.2) is 10.8 Å². The highest BCUT2D eigenvalue weighted by Gasteiger charge is 2.10. The van der Waals surface area contributed by atoms with E-state index < -0.39 is 0 Å².